The molecule has 0 spiro atoms. The van der Waals surface area contributed by atoms with Gasteiger partial charge in [0.15, 0.2) is 5.13 Å². The van der Waals surface area contributed by atoms with Crippen molar-refractivity contribution >= 4 is 22.4 Å². The van der Waals surface area contributed by atoms with Gasteiger partial charge in [0.1, 0.15) is 0 Å². The summed E-state index contributed by atoms with van der Waals surface area (Å²) in [6, 6.07) is 0.516. The zero-order valence-electron chi connectivity index (χ0n) is 12.8. The molecule has 0 saturated heterocycles. The molecule has 2 rings (SSSR count). The number of carbonyl (C=O) groups is 1. The summed E-state index contributed by atoms with van der Waals surface area (Å²) in [5, 5.41) is 13.1. The van der Waals surface area contributed by atoms with E-state index in [4.69, 9.17) is 0 Å². The lowest BCUT2D eigenvalue weighted by Gasteiger charge is -2.21. The van der Waals surface area contributed by atoms with E-state index in [1.165, 1.54) is 18.3 Å². The van der Waals surface area contributed by atoms with E-state index >= 15 is 0 Å². The molecule has 2 aromatic heterocycles. The molecule has 21 heavy (non-hydrogen) atoms. The minimum absolute atomic E-state index is 0.0973. The molecule has 7 heteroatoms. The van der Waals surface area contributed by atoms with Gasteiger partial charge in [-0.3, -0.25) is 9.48 Å². The molecule has 0 aromatic carbocycles. The Morgan fingerprint density at radius 2 is 2.24 bits per heavy atom. The number of hydrogen-bond acceptors (Lipinski definition) is 5. The maximum atomic E-state index is 11.0. The van der Waals surface area contributed by atoms with E-state index in [1.54, 1.807) is 0 Å². The first-order chi connectivity index (χ1) is 9.95. The first kappa shape index (κ1) is 15.7. The second-order valence-corrected chi connectivity index (χ2v) is 6.09. The summed E-state index contributed by atoms with van der Waals surface area (Å²) in [5.41, 5.74) is 2.09. The van der Waals surface area contributed by atoms with Crippen molar-refractivity contribution in [3.8, 4) is 0 Å². The van der Waals surface area contributed by atoms with Crippen LogP contribution in [0.5, 0.6) is 0 Å². The Balaban J connectivity index is 1.87. The average Bonchev–Trinajstić information content (AvgIpc) is 3.03. The standard InChI is InChI=1S/C14H21N5OS/c1-9-5-16-19(7-9)11(3)10(2)15-6-13-8-21-14(18-13)17-12(4)20/h5,7-8,10-11,15H,6H2,1-4H3,(H,17,18,20)/t10-,11-/m0/s1. The normalized spacial score (nSPS) is 13.9. The zero-order valence-corrected chi connectivity index (χ0v) is 13.6. The zero-order chi connectivity index (χ0) is 15.4. The summed E-state index contributed by atoms with van der Waals surface area (Å²) in [7, 11) is 0. The summed E-state index contributed by atoms with van der Waals surface area (Å²) in [6.07, 6.45) is 3.91. The quantitative estimate of drug-likeness (QED) is 0.859. The number of aryl methyl sites for hydroxylation is 1. The Morgan fingerprint density at radius 3 is 2.86 bits per heavy atom. The molecule has 2 heterocycles. The van der Waals surface area contributed by atoms with Gasteiger partial charge >= 0.3 is 0 Å². The van der Waals surface area contributed by atoms with Crippen molar-refractivity contribution in [2.24, 2.45) is 0 Å². The van der Waals surface area contributed by atoms with Crippen LogP contribution in [0.25, 0.3) is 0 Å². The van der Waals surface area contributed by atoms with Crippen LogP contribution in [0, 0.1) is 6.92 Å². The molecule has 0 bridgehead atoms. The molecule has 0 saturated carbocycles. The van der Waals surface area contributed by atoms with Gasteiger partial charge in [0.25, 0.3) is 0 Å². The Kier molecular flexibility index (Phi) is 5.08. The van der Waals surface area contributed by atoms with Crippen LogP contribution in [0.2, 0.25) is 0 Å². The molecule has 1 amide bonds. The van der Waals surface area contributed by atoms with E-state index in [9.17, 15) is 4.79 Å². The number of amides is 1. The monoisotopic (exact) mass is 307 g/mol. The molecule has 0 unspecified atom stereocenters. The van der Waals surface area contributed by atoms with Crippen LogP contribution in [-0.4, -0.2) is 26.7 Å². The van der Waals surface area contributed by atoms with Gasteiger partial charge in [-0.25, -0.2) is 4.98 Å². The number of anilines is 1. The third-order valence-electron chi connectivity index (χ3n) is 3.31. The Labute approximate surface area is 128 Å². The van der Waals surface area contributed by atoms with Gasteiger partial charge in [-0.2, -0.15) is 5.10 Å². The lowest BCUT2D eigenvalue weighted by Crippen LogP contribution is -2.33. The van der Waals surface area contributed by atoms with Crippen LogP contribution in [-0.2, 0) is 11.3 Å². The van der Waals surface area contributed by atoms with Gasteiger partial charge in [-0.15, -0.1) is 11.3 Å². The number of rotatable bonds is 6. The third-order valence-corrected chi connectivity index (χ3v) is 4.12. The fourth-order valence-corrected chi connectivity index (χ4v) is 2.67. The molecule has 0 radical (unpaired) electrons. The van der Waals surface area contributed by atoms with Crippen LogP contribution in [0.15, 0.2) is 17.8 Å². The number of carbonyl (C=O) groups excluding carboxylic acids is 1. The molecule has 2 aromatic rings. The first-order valence-corrected chi connectivity index (χ1v) is 7.80. The summed E-state index contributed by atoms with van der Waals surface area (Å²) in [4.78, 5) is 15.3. The predicted octanol–water partition coefficient (Wildman–Crippen LogP) is 2.35. The van der Waals surface area contributed by atoms with Gasteiger partial charge in [-0.1, -0.05) is 0 Å². The molecule has 0 aliphatic carbocycles. The fourth-order valence-electron chi connectivity index (χ4n) is 1.92. The number of hydrogen-bond donors (Lipinski definition) is 2. The Bertz CT molecular complexity index is 606. The minimum atomic E-state index is -0.0973. The number of aromatic nitrogens is 3. The van der Waals surface area contributed by atoms with E-state index < -0.39 is 0 Å². The van der Waals surface area contributed by atoms with Crippen LogP contribution >= 0.6 is 11.3 Å². The highest BCUT2D eigenvalue weighted by molar-refractivity contribution is 7.13. The highest BCUT2D eigenvalue weighted by Crippen LogP contribution is 2.16. The summed E-state index contributed by atoms with van der Waals surface area (Å²) < 4.78 is 1.97. The number of nitrogens with zero attached hydrogens (tertiary/aromatic N) is 3. The van der Waals surface area contributed by atoms with E-state index in [2.05, 4.69) is 34.6 Å². The molecule has 6 nitrogen and oxygen atoms in total. The fraction of sp³-hybridized carbons (Fsp3) is 0.500. The van der Waals surface area contributed by atoms with E-state index in [1.807, 2.05) is 29.4 Å². The van der Waals surface area contributed by atoms with Crippen molar-refractivity contribution in [3.63, 3.8) is 0 Å². The van der Waals surface area contributed by atoms with Crippen LogP contribution < -0.4 is 10.6 Å². The highest BCUT2D eigenvalue weighted by Gasteiger charge is 2.14. The van der Waals surface area contributed by atoms with Crippen molar-refractivity contribution < 1.29 is 4.79 Å². The Morgan fingerprint density at radius 1 is 1.48 bits per heavy atom. The lowest BCUT2D eigenvalue weighted by atomic mass is 10.1. The van der Waals surface area contributed by atoms with Crippen molar-refractivity contribution in [1.82, 2.24) is 20.1 Å². The van der Waals surface area contributed by atoms with Crippen LogP contribution in [0.3, 0.4) is 0 Å². The van der Waals surface area contributed by atoms with E-state index in [0.717, 1.165) is 11.3 Å². The molecule has 0 aliphatic heterocycles. The maximum absolute atomic E-state index is 11.0. The van der Waals surface area contributed by atoms with Crippen molar-refractivity contribution in [3.05, 3.63) is 29.0 Å². The van der Waals surface area contributed by atoms with Crippen molar-refractivity contribution in [1.29, 1.82) is 0 Å². The van der Waals surface area contributed by atoms with Crippen molar-refractivity contribution in [2.45, 2.75) is 46.3 Å². The summed E-state index contributed by atoms with van der Waals surface area (Å²) >= 11 is 1.44. The number of thiazole rings is 1. The maximum Gasteiger partial charge on any atom is 0.223 e. The van der Waals surface area contributed by atoms with E-state index in [-0.39, 0.29) is 18.0 Å². The Hall–Kier alpha value is -1.73. The second-order valence-electron chi connectivity index (χ2n) is 5.23. The molecule has 114 valence electrons. The largest absolute Gasteiger partial charge is 0.306 e. The topological polar surface area (TPSA) is 71.8 Å². The van der Waals surface area contributed by atoms with E-state index in [0.29, 0.717) is 11.7 Å². The second kappa shape index (κ2) is 6.82. The molecular weight excluding hydrogens is 286 g/mol. The third kappa shape index (κ3) is 4.37. The average molecular weight is 307 g/mol. The minimum Gasteiger partial charge on any atom is -0.306 e. The predicted molar refractivity (Wildman–Crippen MR) is 84.4 cm³/mol. The van der Waals surface area contributed by atoms with Crippen molar-refractivity contribution in [2.75, 3.05) is 5.32 Å². The lowest BCUT2D eigenvalue weighted by molar-refractivity contribution is -0.114. The van der Waals surface area contributed by atoms with Crippen LogP contribution in [0.4, 0.5) is 5.13 Å². The summed E-state index contributed by atoms with van der Waals surface area (Å²) in [5.74, 6) is -0.0973. The number of nitrogens with one attached hydrogen (secondary N) is 2. The smallest absolute Gasteiger partial charge is 0.223 e. The van der Waals surface area contributed by atoms with Gasteiger partial charge < -0.3 is 10.6 Å². The molecule has 2 N–H and O–H groups in total. The molecular formula is C14H21N5OS. The summed E-state index contributed by atoms with van der Waals surface area (Å²) in [6.45, 7) is 8.45. The first-order valence-electron chi connectivity index (χ1n) is 6.92. The van der Waals surface area contributed by atoms with Crippen LogP contribution in [0.1, 0.15) is 38.1 Å². The van der Waals surface area contributed by atoms with Gasteiger partial charge in [-0.05, 0) is 26.3 Å². The highest BCUT2D eigenvalue weighted by atomic mass is 32.1. The SMILES string of the molecule is CC(=O)Nc1nc(CN[C@@H](C)[C@H](C)n2cc(C)cn2)cs1. The van der Waals surface area contributed by atoms with Gasteiger partial charge in [0, 0.05) is 31.1 Å². The van der Waals surface area contributed by atoms with Gasteiger partial charge in [0.05, 0.1) is 17.9 Å². The molecule has 0 fully saturated rings. The molecule has 2 atom stereocenters. The van der Waals surface area contributed by atoms with Gasteiger partial charge in [0.2, 0.25) is 5.91 Å². The molecule has 0 aliphatic rings.